The lowest BCUT2D eigenvalue weighted by Crippen LogP contribution is -2.36. The van der Waals surface area contributed by atoms with E-state index in [-0.39, 0.29) is 17.5 Å². The molecule has 4 rings (SSSR count). The van der Waals surface area contributed by atoms with Crippen molar-refractivity contribution >= 4 is 33.4 Å². The molecule has 0 radical (unpaired) electrons. The first-order valence-electron chi connectivity index (χ1n) is 7.40. The van der Waals surface area contributed by atoms with E-state index >= 15 is 0 Å². The Morgan fingerprint density at radius 2 is 1.92 bits per heavy atom. The highest BCUT2D eigenvalue weighted by atomic mass is 35.5. The fourth-order valence-electron chi connectivity index (χ4n) is 3.26. The third kappa shape index (κ3) is 2.47. The van der Waals surface area contributed by atoms with E-state index in [0.29, 0.717) is 16.6 Å². The Balaban J connectivity index is 2.00. The predicted octanol–water partition coefficient (Wildman–Crippen LogP) is 3.66. The van der Waals surface area contributed by atoms with Gasteiger partial charge in [-0.3, -0.25) is 14.5 Å². The Hall–Kier alpha value is -2.80. The first-order chi connectivity index (χ1) is 12.0. The summed E-state index contributed by atoms with van der Waals surface area (Å²) in [5.41, 5.74) is 0.741. The predicted molar refractivity (Wildman–Crippen MR) is 88.9 cm³/mol. The molecule has 0 saturated heterocycles. The number of hydrogen-bond donors (Lipinski definition) is 1. The number of nitrogens with one attached hydrogen (secondary N) is 1. The van der Waals surface area contributed by atoms with E-state index in [0.717, 1.165) is 12.1 Å². The molecule has 25 heavy (non-hydrogen) atoms. The molecule has 1 amide bonds. The highest BCUT2D eigenvalue weighted by Gasteiger charge is 2.34. The SMILES string of the molecule is O=C(Cl)N1c2cc(F)cc3c(=O)[nH]nc(c23)C[C@H]1c1ccc(F)cc1. The van der Waals surface area contributed by atoms with Crippen LogP contribution in [0.1, 0.15) is 17.3 Å². The van der Waals surface area contributed by atoms with Gasteiger partial charge in [-0.1, -0.05) is 12.1 Å². The first-order valence-corrected chi connectivity index (χ1v) is 7.78. The quantitative estimate of drug-likeness (QED) is 0.531. The van der Waals surface area contributed by atoms with Gasteiger partial charge in [0.25, 0.3) is 5.56 Å². The second-order valence-corrected chi connectivity index (χ2v) is 6.06. The molecule has 0 unspecified atom stereocenters. The van der Waals surface area contributed by atoms with E-state index in [1.807, 2.05) is 0 Å². The minimum absolute atomic E-state index is 0.0977. The molecule has 5 nitrogen and oxygen atoms in total. The Morgan fingerprint density at radius 3 is 2.60 bits per heavy atom. The fraction of sp³-hybridized carbons (Fsp3) is 0.118. The number of benzene rings is 2. The molecule has 0 spiro atoms. The smallest absolute Gasteiger partial charge is 0.290 e. The Labute approximate surface area is 144 Å². The molecule has 2 aromatic carbocycles. The van der Waals surface area contributed by atoms with Crippen LogP contribution in [0.3, 0.4) is 0 Å². The van der Waals surface area contributed by atoms with Gasteiger partial charge in [-0.05, 0) is 41.4 Å². The molecule has 0 aliphatic carbocycles. The number of aromatic nitrogens is 2. The van der Waals surface area contributed by atoms with E-state index in [4.69, 9.17) is 11.6 Å². The van der Waals surface area contributed by atoms with Crippen LogP contribution in [0.25, 0.3) is 10.8 Å². The van der Waals surface area contributed by atoms with Crippen LogP contribution in [0, 0.1) is 11.6 Å². The molecule has 0 fully saturated rings. The van der Waals surface area contributed by atoms with Crippen molar-refractivity contribution in [1.29, 1.82) is 0 Å². The average molecular weight is 362 g/mol. The number of carbonyl (C=O) groups excluding carboxylic acids is 1. The van der Waals surface area contributed by atoms with Crippen molar-refractivity contribution in [1.82, 2.24) is 10.2 Å². The molecular weight excluding hydrogens is 352 g/mol. The van der Waals surface area contributed by atoms with Crippen LogP contribution in [0.4, 0.5) is 19.3 Å². The van der Waals surface area contributed by atoms with Crippen molar-refractivity contribution in [3.05, 3.63) is 69.6 Å². The molecule has 0 saturated carbocycles. The normalized spacial score (nSPS) is 16.3. The number of aromatic amines is 1. The molecule has 8 heteroatoms. The summed E-state index contributed by atoms with van der Waals surface area (Å²) in [6, 6.07) is 7.23. The molecule has 1 aliphatic rings. The van der Waals surface area contributed by atoms with Crippen LogP contribution < -0.4 is 10.5 Å². The zero-order chi connectivity index (χ0) is 17.7. The second-order valence-electron chi connectivity index (χ2n) is 5.74. The minimum atomic E-state index is -0.827. The lowest BCUT2D eigenvalue weighted by molar-refractivity contribution is 0.262. The third-order valence-electron chi connectivity index (χ3n) is 4.31. The molecule has 126 valence electrons. The van der Waals surface area contributed by atoms with Crippen LogP contribution >= 0.6 is 11.6 Å². The van der Waals surface area contributed by atoms with Gasteiger partial charge in [-0.2, -0.15) is 5.10 Å². The standard InChI is InChI=1S/C17H10ClF2N3O2/c18-17(25)23-13(8-1-3-9(19)4-2-8)7-12-15-11(16(24)22-21-12)5-10(20)6-14(15)23/h1-6,13H,7H2,(H,22,24)/t13-/m0/s1. The Kier molecular flexibility index (Phi) is 3.54. The highest BCUT2D eigenvalue weighted by Crippen LogP contribution is 2.41. The van der Waals surface area contributed by atoms with E-state index in [9.17, 15) is 18.4 Å². The number of halogens is 3. The molecule has 2 heterocycles. The molecule has 0 bridgehead atoms. The van der Waals surface area contributed by atoms with Crippen molar-refractivity contribution in [3.63, 3.8) is 0 Å². The molecular formula is C17H10ClF2N3O2. The number of carbonyl (C=O) groups is 1. The van der Waals surface area contributed by atoms with Crippen molar-refractivity contribution in [3.8, 4) is 0 Å². The first kappa shape index (κ1) is 15.7. The van der Waals surface area contributed by atoms with Gasteiger partial charge in [0.05, 0.1) is 22.8 Å². The van der Waals surface area contributed by atoms with Crippen molar-refractivity contribution in [2.75, 3.05) is 4.90 Å². The number of rotatable bonds is 1. The summed E-state index contributed by atoms with van der Waals surface area (Å²) >= 11 is 5.76. The van der Waals surface area contributed by atoms with Crippen LogP contribution in [0.5, 0.6) is 0 Å². The van der Waals surface area contributed by atoms with E-state index in [2.05, 4.69) is 10.2 Å². The van der Waals surface area contributed by atoms with E-state index < -0.39 is 28.6 Å². The van der Waals surface area contributed by atoms with Gasteiger partial charge in [0.15, 0.2) is 0 Å². The number of H-pyrrole nitrogens is 1. The molecule has 1 aliphatic heterocycles. The molecule has 1 atom stereocenters. The summed E-state index contributed by atoms with van der Waals surface area (Å²) in [4.78, 5) is 25.3. The summed E-state index contributed by atoms with van der Waals surface area (Å²) in [6.45, 7) is 0. The lowest BCUT2D eigenvalue weighted by Gasteiger charge is -2.35. The summed E-state index contributed by atoms with van der Waals surface area (Å²) in [7, 11) is 0. The molecule has 1 N–H and O–H groups in total. The summed E-state index contributed by atoms with van der Waals surface area (Å²) < 4.78 is 27.3. The van der Waals surface area contributed by atoms with Gasteiger partial charge >= 0.3 is 5.37 Å². The third-order valence-corrected chi connectivity index (χ3v) is 4.49. The lowest BCUT2D eigenvalue weighted by atomic mass is 9.92. The number of hydrogen-bond acceptors (Lipinski definition) is 3. The maximum absolute atomic E-state index is 14.0. The van der Waals surface area contributed by atoms with Crippen LogP contribution in [0.15, 0.2) is 41.2 Å². The van der Waals surface area contributed by atoms with E-state index in [1.165, 1.54) is 29.2 Å². The number of amides is 1. The van der Waals surface area contributed by atoms with Crippen LogP contribution in [-0.2, 0) is 6.42 Å². The van der Waals surface area contributed by atoms with Gasteiger partial charge in [0.2, 0.25) is 0 Å². The second kappa shape index (κ2) is 5.63. The monoisotopic (exact) mass is 361 g/mol. The van der Waals surface area contributed by atoms with Gasteiger partial charge in [0.1, 0.15) is 11.6 Å². The van der Waals surface area contributed by atoms with Crippen molar-refractivity contribution < 1.29 is 13.6 Å². The van der Waals surface area contributed by atoms with Crippen LogP contribution in [0.2, 0.25) is 0 Å². The minimum Gasteiger partial charge on any atom is -0.290 e. The summed E-state index contributed by atoms with van der Waals surface area (Å²) in [5.74, 6) is -1.09. The average Bonchev–Trinajstić information content (AvgIpc) is 2.57. The van der Waals surface area contributed by atoms with Gasteiger partial charge in [0, 0.05) is 11.8 Å². The molecule has 3 aromatic rings. The fourth-order valence-corrected chi connectivity index (χ4v) is 3.47. The largest absolute Gasteiger partial charge is 0.321 e. The zero-order valence-electron chi connectivity index (χ0n) is 12.6. The number of anilines is 1. The molecule has 1 aromatic heterocycles. The summed E-state index contributed by atoms with van der Waals surface area (Å²) in [5, 5.41) is 6.03. The van der Waals surface area contributed by atoms with Gasteiger partial charge in [-0.25, -0.2) is 13.9 Å². The van der Waals surface area contributed by atoms with E-state index in [1.54, 1.807) is 0 Å². The van der Waals surface area contributed by atoms with Crippen molar-refractivity contribution in [2.45, 2.75) is 12.5 Å². The van der Waals surface area contributed by atoms with Gasteiger partial charge in [-0.15, -0.1) is 0 Å². The summed E-state index contributed by atoms with van der Waals surface area (Å²) in [6.07, 6.45) is 0.246. The Morgan fingerprint density at radius 1 is 1.20 bits per heavy atom. The number of nitrogens with zero attached hydrogens (tertiary/aromatic N) is 2. The zero-order valence-corrected chi connectivity index (χ0v) is 13.3. The highest BCUT2D eigenvalue weighted by molar-refractivity contribution is 6.66. The topological polar surface area (TPSA) is 66.1 Å². The maximum atomic E-state index is 14.0. The van der Waals surface area contributed by atoms with Gasteiger partial charge < -0.3 is 0 Å². The Bertz CT molecular complexity index is 1070. The maximum Gasteiger partial charge on any atom is 0.321 e. The van der Waals surface area contributed by atoms with Crippen molar-refractivity contribution in [2.24, 2.45) is 0 Å². The van der Waals surface area contributed by atoms with Crippen LogP contribution in [-0.4, -0.2) is 15.6 Å².